The smallest absolute Gasteiger partial charge is 0.150 e. The first kappa shape index (κ1) is 15.8. The lowest BCUT2D eigenvalue weighted by Crippen LogP contribution is -2.43. The van der Waals surface area contributed by atoms with Gasteiger partial charge in [-0.25, -0.2) is 8.42 Å². The summed E-state index contributed by atoms with van der Waals surface area (Å²) in [6, 6.07) is -0.107. The molecular weight excluding hydrogens is 300 g/mol. The normalized spacial score (nSPS) is 23.1. The summed E-state index contributed by atoms with van der Waals surface area (Å²) in [7, 11) is -1.07. The third-order valence-electron chi connectivity index (χ3n) is 3.97. The van der Waals surface area contributed by atoms with Gasteiger partial charge in [-0.2, -0.15) is 5.10 Å². The number of nitrogens with zero attached hydrogens (tertiary/aromatic N) is 2. The van der Waals surface area contributed by atoms with E-state index in [-0.39, 0.29) is 23.5 Å². The number of rotatable bonds is 5. The minimum atomic E-state index is -2.91. The van der Waals surface area contributed by atoms with Gasteiger partial charge in [0.1, 0.15) is 0 Å². The maximum Gasteiger partial charge on any atom is 0.150 e. The largest absolute Gasteiger partial charge is 0.271 e. The Labute approximate surface area is 124 Å². The molecule has 1 aromatic heterocycles. The molecule has 2 heterocycles. The SMILES string of the molecule is CCc1nn(C)c(CC(NN)C2CCS(=O)(=O)C2)c1Cl. The third-order valence-corrected chi connectivity index (χ3v) is 6.20. The molecule has 20 heavy (non-hydrogen) atoms. The van der Waals surface area contributed by atoms with Crippen molar-refractivity contribution in [3.8, 4) is 0 Å². The van der Waals surface area contributed by atoms with E-state index in [0.717, 1.165) is 17.8 Å². The molecule has 1 aromatic rings. The Bertz CT molecular complexity index is 585. The van der Waals surface area contributed by atoms with Crippen LogP contribution in [0.15, 0.2) is 0 Å². The van der Waals surface area contributed by atoms with E-state index >= 15 is 0 Å². The molecule has 0 amide bonds. The third kappa shape index (κ3) is 3.16. The van der Waals surface area contributed by atoms with Gasteiger partial charge in [-0.3, -0.25) is 16.0 Å². The van der Waals surface area contributed by atoms with Gasteiger partial charge in [0.05, 0.1) is 27.9 Å². The van der Waals surface area contributed by atoms with Crippen molar-refractivity contribution in [2.45, 2.75) is 32.2 Å². The molecule has 2 rings (SSSR count). The van der Waals surface area contributed by atoms with Crippen molar-refractivity contribution < 1.29 is 8.42 Å². The van der Waals surface area contributed by atoms with Crippen LogP contribution < -0.4 is 11.3 Å². The number of nitrogens with one attached hydrogen (secondary N) is 1. The van der Waals surface area contributed by atoms with Crippen molar-refractivity contribution in [2.75, 3.05) is 11.5 Å². The van der Waals surface area contributed by atoms with Gasteiger partial charge in [-0.15, -0.1) is 0 Å². The van der Waals surface area contributed by atoms with E-state index in [0.29, 0.717) is 17.9 Å². The molecule has 0 aromatic carbocycles. The Kier molecular flexibility index (Phi) is 4.73. The van der Waals surface area contributed by atoms with Crippen molar-refractivity contribution in [1.82, 2.24) is 15.2 Å². The van der Waals surface area contributed by atoms with Crippen LogP contribution in [0.1, 0.15) is 24.7 Å². The van der Waals surface area contributed by atoms with E-state index in [1.807, 2.05) is 14.0 Å². The Morgan fingerprint density at radius 2 is 2.30 bits per heavy atom. The van der Waals surface area contributed by atoms with Gasteiger partial charge >= 0.3 is 0 Å². The molecule has 1 saturated heterocycles. The van der Waals surface area contributed by atoms with Crippen molar-refractivity contribution in [2.24, 2.45) is 18.8 Å². The molecule has 1 aliphatic rings. The molecule has 0 aliphatic carbocycles. The zero-order valence-corrected chi connectivity index (χ0v) is 13.3. The molecular formula is C12H21ClN4O2S. The number of hydrogen-bond acceptors (Lipinski definition) is 5. The summed E-state index contributed by atoms with van der Waals surface area (Å²) in [6.45, 7) is 2.00. The number of halogens is 1. The lowest BCUT2D eigenvalue weighted by molar-refractivity contribution is 0.378. The summed E-state index contributed by atoms with van der Waals surface area (Å²) in [5, 5.41) is 5.03. The number of hydrogen-bond donors (Lipinski definition) is 2. The van der Waals surface area contributed by atoms with E-state index in [1.54, 1.807) is 4.68 Å². The number of sulfone groups is 1. The average molecular weight is 321 g/mol. The van der Waals surface area contributed by atoms with E-state index in [9.17, 15) is 8.42 Å². The number of aryl methyl sites for hydroxylation is 2. The minimum Gasteiger partial charge on any atom is -0.271 e. The highest BCUT2D eigenvalue weighted by molar-refractivity contribution is 7.91. The maximum absolute atomic E-state index is 11.6. The maximum atomic E-state index is 11.6. The summed E-state index contributed by atoms with van der Waals surface area (Å²) in [4.78, 5) is 0. The zero-order chi connectivity index (χ0) is 14.9. The fraction of sp³-hybridized carbons (Fsp3) is 0.750. The Morgan fingerprint density at radius 1 is 1.60 bits per heavy atom. The molecule has 1 aliphatic heterocycles. The molecule has 3 N–H and O–H groups in total. The van der Waals surface area contributed by atoms with Gasteiger partial charge in [0.15, 0.2) is 9.84 Å². The summed E-state index contributed by atoms with van der Waals surface area (Å²) < 4.78 is 24.9. The van der Waals surface area contributed by atoms with E-state index < -0.39 is 9.84 Å². The molecule has 0 spiro atoms. The van der Waals surface area contributed by atoms with Crippen molar-refractivity contribution in [1.29, 1.82) is 0 Å². The second-order valence-corrected chi connectivity index (χ2v) is 7.93. The molecule has 0 saturated carbocycles. The predicted molar refractivity (Wildman–Crippen MR) is 79.2 cm³/mol. The molecule has 6 nitrogen and oxygen atoms in total. The highest BCUT2D eigenvalue weighted by Crippen LogP contribution is 2.27. The van der Waals surface area contributed by atoms with Crippen LogP contribution in [0, 0.1) is 5.92 Å². The Balaban J connectivity index is 2.17. The fourth-order valence-corrected chi connectivity index (χ4v) is 5.00. The Hall–Kier alpha value is -0.630. The molecule has 8 heteroatoms. The lowest BCUT2D eigenvalue weighted by Gasteiger charge is -2.21. The highest BCUT2D eigenvalue weighted by atomic mass is 35.5. The van der Waals surface area contributed by atoms with Crippen LogP contribution in [0.2, 0.25) is 5.02 Å². The fourth-order valence-electron chi connectivity index (χ4n) is 2.75. The summed E-state index contributed by atoms with van der Waals surface area (Å²) in [5.41, 5.74) is 4.51. The standard InChI is InChI=1S/C12H21ClN4O2S/c1-3-9-12(13)11(17(2)16-9)6-10(15-14)8-4-5-20(18,19)7-8/h8,10,15H,3-7,14H2,1-2H3. The van der Waals surface area contributed by atoms with Crippen LogP contribution >= 0.6 is 11.6 Å². The Morgan fingerprint density at radius 3 is 2.75 bits per heavy atom. The first-order valence-corrected chi connectivity index (χ1v) is 8.94. The van der Waals surface area contributed by atoms with E-state index in [2.05, 4.69) is 10.5 Å². The highest BCUT2D eigenvalue weighted by Gasteiger charge is 2.34. The topological polar surface area (TPSA) is 90.0 Å². The van der Waals surface area contributed by atoms with Gasteiger partial charge < -0.3 is 0 Å². The van der Waals surface area contributed by atoms with Gasteiger partial charge in [0, 0.05) is 19.5 Å². The second kappa shape index (κ2) is 6.01. The summed E-state index contributed by atoms with van der Waals surface area (Å²) in [5.74, 6) is 6.08. The molecule has 2 unspecified atom stereocenters. The first-order valence-electron chi connectivity index (χ1n) is 6.74. The van der Waals surface area contributed by atoms with Crippen LogP contribution in [-0.4, -0.2) is 35.7 Å². The van der Waals surface area contributed by atoms with Gasteiger partial charge in [-0.05, 0) is 18.8 Å². The first-order chi connectivity index (χ1) is 9.38. The van der Waals surface area contributed by atoms with Crippen LogP contribution in [0.4, 0.5) is 0 Å². The van der Waals surface area contributed by atoms with Crippen LogP contribution in [-0.2, 0) is 29.7 Å². The van der Waals surface area contributed by atoms with Gasteiger partial charge in [0.2, 0.25) is 0 Å². The minimum absolute atomic E-state index is 0.0287. The number of nitrogens with two attached hydrogens (primary N) is 1. The van der Waals surface area contributed by atoms with Crippen LogP contribution in [0.25, 0.3) is 0 Å². The number of hydrazine groups is 1. The van der Waals surface area contributed by atoms with Crippen molar-refractivity contribution in [3.63, 3.8) is 0 Å². The van der Waals surface area contributed by atoms with Crippen LogP contribution in [0.3, 0.4) is 0 Å². The lowest BCUT2D eigenvalue weighted by atomic mass is 9.95. The number of aromatic nitrogens is 2. The monoisotopic (exact) mass is 320 g/mol. The van der Waals surface area contributed by atoms with E-state index in [4.69, 9.17) is 17.4 Å². The predicted octanol–water partition coefficient (Wildman–Crippen LogP) is 0.445. The van der Waals surface area contributed by atoms with Crippen LogP contribution in [0.5, 0.6) is 0 Å². The molecule has 1 fully saturated rings. The summed E-state index contributed by atoms with van der Waals surface area (Å²) in [6.07, 6.45) is 2.00. The van der Waals surface area contributed by atoms with Crippen molar-refractivity contribution >= 4 is 21.4 Å². The van der Waals surface area contributed by atoms with Gasteiger partial charge in [-0.1, -0.05) is 18.5 Å². The van der Waals surface area contributed by atoms with E-state index in [1.165, 1.54) is 0 Å². The molecule has 114 valence electrons. The second-order valence-electron chi connectivity index (χ2n) is 5.32. The zero-order valence-electron chi connectivity index (χ0n) is 11.8. The molecule has 0 bridgehead atoms. The van der Waals surface area contributed by atoms with Crippen molar-refractivity contribution in [3.05, 3.63) is 16.4 Å². The molecule has 0 radical (unpaired) electrons. The quantitative estimate of drug-likeness (QED) is 0.607. The average Bonchev–Trinajstić information content (AvgIpc) is 2.88. The molecule has 2 atom stereocenters. The van der Waals surface area contributed by atoms with Gasteiger partial charge in [0.25, 0.3) is 0 Å². The summed E-state index contributed by atoms with van der Waals surface area (Å²) >= 11 is 6.32.